The van der Waals surface area contributed by atoms with Gasteiger partial charge < -0.3 is 19.7 Å². The fourth-order valence-electron chi connectivity index (χ4n) is 5.20. The molecule has 41 heavy (non-hydrogen) atoms. The number of benzene rings is 1. The topological polar surface area (TPSA) is 102 Å². The zero-order valence-electron chi connectivity index (χ0n) is 24.3. The van der Waals surface area contributed by atoms with Gasteiger partial charge in [0.2, 0.25) is 0 Å². The SMILES string of the molecule is Cc1cc(C[C@@H]2CN(C)CC[C@H]2Oc2cncc3cc(Nc4ccccn4)ccc23)nc(NC(=O)OC(C)(C)C)c1. The molecule has 2 N–H and O–H groups in total. The molecule has 4 heterocycles. The van der Waals surface area contributed by atoms with Crippen molar-refractivity contribution in [2.75, 3.05) is 30.8 Å². The first-order valence-electron chi connectivity index (χ1n) is 14.0. The van der Waals surface area contributed by atoms with E-state index >= 15 is 0 Å². The van der Waals surface area contributed by atoms with Gasteiger partial charge in [0.25, 0.3) is 0 Å². The summed E-state index contributed by atoms with van der Waals surface area (Å²) in [5.74, 6) is 2.26. The molecule has 1 saturated heterocycles. The maximum Gasteiger partial charge on any atom is 0.413 e. The minimum absolute atomic E-state index is 0.00509. The molecular weight excluding hydrogens is 516 g/mol. The molecule has 0 spiro atoms. The number of anilines is 3. The number of hydrogen-bond acceptors (Lipinski definition) is 8. The van der Waals surface area contributed by atoms with Crippen LogP contribution in [0.3, 0.4) is 0 Å². The Morgan fingerprint density at radius 2 is 1.95 bits per heavy atom. The Balaban J connectivity index is 1.33. The van der Waals surface area contributed by atoms with Crippen LogP contribution in [0.15, 0.2) is 67.1 Å². The van der Waals surface area contributed by atoms with Gasteiger partial charge in [-0.25, -0.2) is 14.8 Å². The maximum atomic E-state index is 12.3. The molecule has 0 aliphatic carbocycles. The van der Waals surface area contributed by atoms with Crippen LogP contribution < -0.4 is 15.4 Å². The predicted octanol–water partition coefficient (Wildman–Crippen LogP) is 6.37. The van der Waals surface area contributed by atoms with E-state index < -0.39 is 11.7 Å². The van der Waals surface area contributed by atoms with Gasteiger partial charge in [-0.2, -0.15) is 0 Å². The van der Waals surface area contributed by atoms with E-state index in [-0.39, 0.29) is 12.0 Å². The second-order valence-corrected chi connectivity index (χ2v) is 11.7. The van der Waals surface area contributed by atoms with Crippen molar-refractivity contribution in [3.05, 3.63) is 78.4 Å². The van der Waals surface area contributed by atoms with Crippen molar-refractivity contribution in [2.45, 2.75) is 52.2 Å². The molecule has 1 amide bonds. The normalized spacial score (nSPS) is 17.7. The van der Waals surface area contributed by atoms with Gasteiger partial charge in [-0.1, -0.05) is 6.07 Å². The van der Waals surface area contributed by atoms with Gasteiger partial charge in [0.15, 0.2) is 0 Å². The average Bonchev–Trinajstić information content (AvgIpc) is 2.89. The summed E-state index contributed by atoms with van der Waals surface area (Å²) in [7, 11) is 2.14. The first-order chi connectivity index (χ1) is 19.6. The van der Waals surface area contributed by atoms with E-state index in [0.29, 0.717) is 5.82 Å². The van der Waals surface area contributed by atoms with E-state index in [2.05, 4.69) is 50.7 Å². The molecule has 0 unspecified atom stereocenters. The minimum Gasteiger partial charge on any atom is -0.488 e. The monoisotopic (exact) mass is 554 g/mol. The summed E-state index contributed by atoms with van der Waals surface area (Å²) < 4.78 is 12.1. The summed E-state index contributed by atoms with van der Waals surface area (Å²) in [5.41, 5.74) is 2.29. The number of ether oxygens (including phenoxy) is 2. The van der Waals surface area contributed by atoms with Gasteiger partial charge in [-0.3, -0.25) is 10.3 Å². The summed E-state index contributed by atoms with van der Waals surface area (Å²) in [6, 6.07) is 15.9. The van der Waals surface area contributed by atoms with Crippen LogP contribution in [0.1, 0.15) is 38.4 Å². The number of rotatable bonds is 7. The second-order valence-electron chi connectivity index (χ2n) is 11.7. The van der Waals surface area contributed by atoms with E-state index in [0.717, 1.165) is 65.2 Å². The van der Waals surface area contributed by atoms with E-state index in [1.165, 1.54) is 0 Å². The minimum atomic E-state index is -0.582. The molecule has 1 aliphatic rings. The Morgan fingerprint density at radius 3 is 2.73 bits per heavy atom. The summed E-state index contributed by atoms with van der Waals surface area (Å²) >= 11 is 0. The summed E-state index contributed by atoms with van der Waals surface area (Å²) in [6.45, 7) is 9.35. The number of pyridine rings is 3. The Kier molecular flexibility index (Phi) is 8.35. The van der Waals surface area contributed by atoms with Gasteiger partial charge in [0.05, 0.1) is 6.20 Å². The number of carbonyl (C=O) groups excluding carboxylic acids is 1. The van der Waals surface area contributed by atoms with Gasteiger partial charge in [0.1, 0.15) is 29.1 Å². The lowest BCUT2D eigenvalue weighted by Gasteiger charge is -2.37. The molecule has 0 radical (unpaired) electrons. The molecule has 1 aromatic carbocycles. The number of carbonyl (C=O) groups is 1. The molecular formula is C32H38N6O3. The van der Waals surface area contributed by atoms with Crippen molar-refractivity contribution in [3.8, 4) is 5.75 Å². The number of nitrogens with zero attached hydrogens (tertiary/aromatic N) is 4. The Hall–Kier alpha value is -4.24. The summed E-state index contributed by atoms with van der Waals surface area (Å²) in [4.78, 5) is 28.3. The largest absolute Gasteiger partial charge is 0.488 e. The molecule has 0 saturated carbocycles. The second kappa shape index (κ2) is 12.1. The average molecular weight is 555 g/mol. The number of fused-ring (bicyclic) bond motifs is 1. The van der Waals surface area contributed by atoms with Crippen LogP contribution >= 0.6 is 0 Å². The number of piperidine rings is 1. The van der Waals surface area contributed by atoms with Crippen molar-refractivity contribution in [3.63, 3.8) is 0 Å². The van der Waals surface area contributed by atoms with Gasteiger partial charge >= 0.3 is 6.09 Å². The van der Waals surface area contributed by atoms with Crippen molar-refractivity contribution < 1.29 is 14.3 Å². The van der Waals surface area contributed by atoms with E-state index in [4.69, 9.17) is 14.5 Å². The third-order valence-corrected chi connectivity index (χ3v) is 6.93. The molecule has 214 valence electrons. The zero-order valence-corrected chi connectivity index (χ0v) is 24.3. The highest BCUT2D eigenvalue weighted by atomic mass is 16.6. The third-order valence-electron chi connectivity index (χ3n) is 6.93. The number of hydrogen-bond donors (Lipinski definition) is 2. The van der Waals surface area contributed by atoms with E-state index in [1.807, 2.05) is 64.2 Å². The first-order valence-corrected chi connectivity index (χ1v) is 14.0. The van der Waals surface area contributed by atoms with Crippen molar-refractivity contribution in [2.24, 2.45) is 5.92 Å². The van der Waals surface area contributed by atoms with Crippen molar-refractivity contribution in [1.82, 2.24) is 19.9 Å². The molecule has 3 aromatic heterocycles. The number of aryl methyl sites for hydroxylation is 1. The highest BCUT2D eigenvalue weighted by Gasteiger charge is 2.31. The van der Waals surface area contributed by atoms with E-state index in [9.17, 15) is 4.79 Å². The van der Waals surface area contributed by atoms with Gasteiger partial charge in [-0.05, 0) is 95.6 Å². The van der Waals surface area contributed by atoms with E-state index in [1.54, 1.807) is 12.4 Å². The standard InChI is InChI=1S/C32H38N6O3/c1-21-14-25(36-30(15-21)37-31(39)41-32(2,3)4)17-23-20-38(5)13-11-27(23)40-28-19-33-18-22-16-24(9-10-26(22)28)35-29-8-6-7-12-34-29/h6-10,12,14-16,18-19,23,27H,11,13,17,20H2,1-5H3,(H,34,35)(H,36,37,39)/t23-,27-/m1/s1. The molecule has 9 heteroatoms. The molecule has 0 bridgehead atoms. The van der Waals surface area contributed by atoms with Crippen LogP contribution in [-0.4, -0.2) is 57.8 Å². The van der Waals surface area contributed by atoms with Crippen LogP contribution in [0.4, 0.5) is 22.1 Å². The molecule has 2 atom stereocenters. The van der Waals surface area contributed by atoms with Crippen molar-refractivity contribution in [1.29, 1.82) is 0 Å². The van der Waals surface area contributed by atoms with Crippen LogP contribution in [0.2, 0.25) is 0 Å². The molecule has 1 aliphatic heterocycles. The predicted molar refractivity (Wildman–Crippen MR) is 162 cm³/mol. The zero-order chi connectivity index (χ0) is 29.0. The number of amides is 1. The lowest BCUT2D eigenvalue weighted by atomic mass is 9.90. The van der Waals surface area contributed by atoms with Crippen molar-refractivity contribution >= 4 is 34.2 Å². The Labute approximate surface area is 241 Å². The number of nitrogens with one attached hydrogen (secondary N) is 2. The molecule has 4 aromatic rings. The smallest absolute Gasteiger partial charge is 0.413 e. The molecule has 5 rings (SSSR count). The number of aromatic nitrogens is 3. The quantitative estimate of drug-likeness (QED) is 0.272. The fraction of sp³-hybridized carbons (Fsp3) is 0.375. The first kappa shape index (κ1) is 28.3. The van der Waals surface area contributed by atoms with Gasteiger partial charge in [-0.15, -0.1) is 0 Å². The molecule has 9 nitrogen and oxygen atoms in total. The van der Waals surface area contributed by atoms with Crippen LogP contribution in [0.25, 0.3) is 10.8 Å². The van der Waals surface area contributed by atoms with Gasteiger partial charge in [0, 0.05) is 53.6 Å². The maximum absolute atomic E-state index is 12.3. The highest BCUT2D eigenvalue weighted by Crippen LogP contribution is 2.32. The lowest BCUT2D eigenvalue weighted by molar-refractivity contribution is 0.0554. The summed E-state index contributed by atoms with van der Waals surface area (Å²) in [6.07, 6.45) is 6.52. The Bertz CT molecular complexity index is 1500. The van der Waals surface area contributed by atoms with Crippen LogP contribution in [0.5, 0.6) is 5.75 Å². The molecule has 1 fully saturated rings. The fourth-order valence-corrected chi connectivity index (χ4v) is 5.20. The van der Waals surface area contributed by atoms with Crippen LogP contribution in [0, 0.1) is 12.8 Å². The highest BCUT2D eigenvalue weighted by molar-refractivity contribution is 5.90. The summed E-state index contributed by atoms with van der Waals surface area (Å²) in [5, 5.41) is 8.13. The third kappa shape index (κ3) is 7.70. The lowest BCUT2D eigenvalue weighted by Crippen LogP contribution is -2.44. The number of likely N-dealkylation sites (tertiary alicyclic amines) is 1. The van der Waals surface area contributed by atoms with Crippen LogP contribution in [-0.2, 0) is 11.2 Å². The Morgan fingerprint density at radius 1 is 1.10 bits per heavy atom.